The summed E-state index contributed by atoms with van der Waals surface area (Å²) in [5.41, 5.74) is 0.409. The summed E-state index contributed by atoms with van der Waals surface area (Å²) in [5, 5.41) is 32.0. The first-order valence-electron chi connectivity index (χ1n) is 8.84. The number of nitrogens with one attached hydrogen (secondary N) is 1. The van der Waals surface area contributed by atoms with Crippen LogP contribution >= 0.6 is 0 Å². The summed E-state index contributed by atoms with van der Waals surface area (Å²) in [5.74, 6) is -0.270. The summed E-state index contributed by atoms with van der Waals surface area (Å²) in [6, 6.07) is 10.4. The molecule has 0 aliphatic carbocycles. The molecule has 1 amide bonds. The molecule has 3 rings (SSSR count). The standard InChI is InChI=1S/C20H22FNO6/c1-22-20(26)11-3-2-4-12(7-11)27-13-5-6-16(21)15(8-13)19-18(25)17(24)9-14(10-23)28-19/h2-8,14,17-19,23-25H,9-10H2,1H3,(H,22,26). The summed E-state index contributed by atoms with van der Waals surface area (Å²) in [7, 11) is 1.52. The van der Waals surface area contributed by atoms with Crippen molar-refractivity contribution in [3.63, 3.8) is 0 Å². The van der Waals surface area contributed by atoms with Crippen molar-refractivity contribution in [2.24, 2.45) is 0 Å². The van der Waals surface area contributed by atoms with Gasteiger partial charge in [-0.15, -0.1) is 0 Å². The minimum atomic E-state index is -1.34. The lowest BCUT2D eigenvalue weighted by Crippen LogP contribution is -2.44. The molecule has 0 bridgehead atoms. The lowest BCUT2D eigenvalue weighted by atomic mass is 9.93. The van der Waals surface area contributed by atoms with Crippen LogP contribution in [-0.4, -0.2) is 53.2 Å². The average molecular weight is 391 g/mol. The molecule has 150 valence electrons. The highest BCUT2D eigenvalue weighted by Gasteiger charge is 2.38. The minimum absolute atomic E-state index is 0.00431. The van der Waals surface area contributed by atoms with E-state index in [9.17, 15) is 24.5 Å². The highest BCUT2D eigenvalue weighted by molar-refractivity contribution is 5.94. The average Bonchev–Trinajstić information content (AvgIpc) is 2.71. The van der Waals surface area contributed by atoms with Crippen molar-refractivity contribution in [3.8, 4) is 11.5 Å². The molecule has 7 nitrogen and oxygen atoms in total. The fourth-order valence-corrected chi connectivity index (χ4v) is 3.11. The lowest BCUT2D eigenvalue weighted by molar-refractivity contribution is -0.180. The molecule has 1 heterocycles. The Hall–Kier alpha value is -2.52. The van der Waals surface area contributed by atoms with Crippen molar-refractivity contribution >= 4 is 5.91 Å². The second kappa shape index (κ2) is 8.66. The third-order valence-electron chi connectivity index (χ3n) is 4.58. The number of hydrogen-bond acceptors (Lipinski definition) is 6. The van der Waals surface area contributed by atoms with Crippen LogP contribution in [0.1, 0.15) is 28.4 Å². The highest BCUT2D eigenvalue weighted by Crippen LogP contribution is 2.35. The molecule has 2 aromatic rings. The van der Waals surface area contributed by atoms with Gasteiger partial charge in [0.2, 0.25) is 0 Å². The molecule has 4 unspecified atom stereocenters. The normalized spacial score (nSPS) is 24.6. The number of halogens is 1. The van der Waals surface area contributed by atoms with Gasteiger partial charge in [-0.2, -0.15) is 0 Å². The summed E-state index contributed by atoms with van der Waals surface area (Å²) in [6.07, 6.45) is -4.30. The zero-order chi connectivity index (χ0) is 20.3. The van der Waals surface area contributed by atoms with E-state index in [0.29, 0.717) is 11.3 Å². The molecule has 0 saturated carbocycles. The Bertz CT molecular complexity index is 845. The smallest absolute Gasteiger partial charge is 0.251 e. The molecule has 2 aromatic carbocycles. The summed E-state index contributed by atoms with van der Waals surface area (Å²) >= 11 is 0. The predicted octanol–water partition coefficient (Wildman–Crippen LogP) is 1.52. The number of amides is 1. The van der Waals surface area contributed by atoms with Crippen molar-refractivity contribution in [3.05, 3.63) is 59.4 Å². The van der Waals surface area contributed by atoms with Crippen LogP contribution in [-0.2, 0) is 4.74 Å². The summed E-state index contributed by atoms with van der Waals surface area (Å²) < 4.78 is 25.7. The van der Waals surface area contributed by atoms with Gasteiger partial charge in [-0.05, 0) is 36.4 Å². The first-order chi connectivity index (χ1) is 13.4. The molecule has 1 saturated heterocycles. The van der Waals surface area contributed by atoms with Gasteiger partial charge in [-0.1, -0.05) is 6.07 Å². The highest BCUT2D eigenvalue weighted by atomic mass is 19.1. The molecular weight excluding hydrogens is 369 g/mol. The summed E-state index contributed by atoms with van der Waals surface area (Å²) in [6.45, 7) is -0.357. The summed E-state index contributed by atoms with van der Waals surface area (Å²) in [4.78, 5) is 11.7. The van der Waals surface area contributed by atoms with Crippen LogP contribution in [0.2, 0.25) is 0 Å². The van der Waals surface area contributed by atoms with Gasteiger partial charge in [0.25, 0.3) is 5.91 Å². The van der Waals surface area contributed by atoms with Crippen molar-refractivity contribution in [2.45, 2.75) is 30.8 Å². The Morgan fingerprint density at radius 1 is 1.25 bits per heavy atom. The Balaban J connectivity index is 1.86. The lowest BCUT2D eigenvalue weighted by Gasteiger charge is -2.37. The largest absolute Gasteiger partial charge is 0.457 e. The first-order valence-corrected chi connectivity index (χ1v) is 8.84. The van der Waals surface area contributed by atoms with Crippen molar-refractivity contribution < 1.29 is 34.0 Å². The van der Waals surface area contributed by atoms with Crippen molar-refractivity contribution in [1.29, 1.82) is 0 Å². The fourth-order valence-electron chi connectivity index (χ4n) is 3.11. The van der Waals surface area contributed by atoms with E-state index in [1.165, 1.54) is 19.2 Å². The van der Waals surface area contributed by atoms with E-state index >= 15 is 0 Å². The van der Waals surface area contributed by atoms with E-state index in [4.69, 9.17) is 9.47 Å². The molecule has 0 aromatic heterocycles. The molecular formula is C20H22FNO6. The third-order valence-corrected chi connectivity index (χ3v) is 4.58. The topological polar surface area (TPSA) is 108 Å². The van der Waals surface area contributed by atoms with Crippen LogP contribution in [0.25, 0.3) is 0 Å². The van der Waals surface area contributed by atoms with Crippen LogP contribution in [0.5, 0.6) is 11.5 Å². The minimum Gasteiger partial charge on any atom is -0.457 e. The number of carbonyl (C=O) groups is 1. The molecule has 8 heteroatoms. The van der Waals surface area contributed by atoms with Crippen LogP contribution in [0, 0.1) is 5.82 Å². The second-order valence-corrected chi connectivity index (χ2v) is 6.55. The van der Waals surface area contributed by atoms with E-state index in [-0.39, 0.29) is 30.2 Å². The van der Waals surface area contributed by atoms with Crippen molar-refractivity contribution in [1.82, 2.24) is 5.32 Å². The number of aliphatic hydroxyl groups is 3. The Kier molecular flexibility index (Phi) is 6.25. The van der Waals surface area contributed by atoms with Gasteiger partial charge in [0, 0.05) is 24.6 Å². The quantitative estimate of drug-likeness (QED) is 0.616. The maximum atomic E-state index is 14.4. The number of carbonyl (C=O) groups excluding carboxylic acids is 1. The maximum absolute atomic E-state index is 14.4. The van der Waals surface area contributed by atoms with Gasteiger partial charge in [0.05, 0.1) is 18.8 Å². The van der Waals surface area contributed by atoms with Gasteiger partial charge in [-0.25, -0.2) is 4.39 Å². The first kappa shape index (κ1) is 20.2. The van der Waals surface area contributed by atoms with E-state index in [1.54, 1.807) is 24.3 Å². The fraction of sp³-hybridized carbons (Fsp3) is 0.350. The molecule has 1 fully saturated rings. The maximum Gasteiger partial charge on any atom is 0.251 e. The molecule has 28 heavy (non-hydrogen) atoms. The van der Waals surface area contributed by atoms with Gasteiger partial charge in [-0.3, -0.25) is 4.79 Å². The molecule has 1 aliphatic rings. The predicted molar refractivity (Wildman–Crippen MR) is 97.6 cm³/mol. The zero-order valence-electron chi connectivity index (χ0n) is 15.2. The monoisotopic (exact) mass is 391 g/mol. The third kappa shape index (κ3) is 4.31. The van der Waals surface area contributed by atoms with Gasteiger partial charge < -0.3 is 30.1 Å². The SMILES string of the molecule is CNC(=O)c1cccc(Oc2ccc(F)c(C3OC(CO)CC(O)C3O)c2)c1. The molecule has 4 atom stereocenters. The van der Waals surface area contributed by atoms with Crippen LogP contribution in [0.4, 0.5) is 4.39 Å². The Labute approximate surface area is 161 Å². The Morgan fingerprint density at radius 2 is 2.00 bits per heavy atom. The number of ether oxygens (including phenoxy) is 2. The van der Waals surface area contributed by atoms with Crippen LogP contribution in [0.3, 0.4) is 0 Å². The number of aliphatic hydroxyl groups excluding tert-OH is 3. The van der Waals surface area contributed by atoms with E-state index in [1.807, 2.05) is 0 Å². The number of rotatable bonds is 5. The van der Waals surface area contributed by atoms with E-state index < -0.39 is 30.2 Å². The van der Waals surface area contributed by atoms with Crippen LogP contribution < -0.4 is 10.1 Å². The molecule has 1 aliphatic heterocycles. The van der Waals surface area contributed by atoms with Gasteiger partial charge in [0.15, 0.2) is 0 Å². The Morgan fingerprint density at radius 3 is 2.71 bits per heavy atom. The molecule has 0 spiro atoms. The van der Waals surface area contributed by atoms with Gasteiger partial charge >= 0.3 is 0 Å². The molecule has 0 radical (unpaired) electrons. The van der Waals surface area contributed by atoms with Gasteiger partial charge in [0.1, 0.15) is 29.5 Å². The molecule has 4 N–H and O–H groups in total. The van der Waals surface area contributed by atoms with Crippen molar-refractivity contribution in [2.75, 3.05) is 13.7 Å². The van der Waals surface area contributed by atoms with E-state index in [0.717, 1.165) is 6.07 Å². The number of benzene rings is 2. The van der Waals surface area contributed by atoms with E-state index in [2.05, 4.69) is 5.32 Å². The van der Waals surface area contributed by atoms with Crippen LogP contribution in [0.15, 0.2) is 42.5 Å². The number of hydrogen-bond donors (Lipinski definition) is 4. The zero-order valence-corrected chi connectivity index (χ0v) is 15.2. The second-order valence-electron chi connectivity index (χ2n) is 6.55.